The van der Waals surface area contributed by atoms with Crippen LogP contribution in [0.1, 0.15) is 40.0 Å². The van der Waals surface area contributed by atoms with Gasteiger partial charge in [-0.15, -0.1) is 0 Å². The summed E-state index contributed by atoms with van der Waals surface area (Å²) in [6.07, 6.45) is 0. The second-order valence-electron chi connectivity index (χ2n) is 6.66. The number of rotatable bonds is 4. The van der Waals surface area contributed by atoms with E-state index in [-0.39, 0.29) is 11.9 Å². The van der Waals surface area contributed by atoms with Crippen LogP contribution in [0.3, 0.4) is 0 Å². The number of aromatic amines is 1. The molecule has 0 aliphatic heterocycles. The predicted molar refractivity (Wildman–Crippen MR) is 116 cm³/mol. The number of para-hydroxylation sites is 1. The van der Waals surface area contributed by atoms with Gasteiger partial charge in [-0.25, -0.2) is 4.79 Å². The number of ether oxygens (including phenoxy) is 1. The Morgan fingerprint density at radius 3 is 2.31 bits per heavy atom. The zero-order valence-corrected chi connectivity index (χ0v) is 16.2. The highest BCUT2D eigenvalue weighted by molar-refractivity contribution is 5.99. The van der Waals surface area contributed by atoms with Crippen LogP contribution in [0.4, 0.5) is 0 Å². The minimum absolute atomic E-state index is 0.271. The van der Waals surface area contributed by atoms with Crippen molar-refractivity contribution in [3.63, 3.8) is 0 Å². The van der Waals surface area contributed by atoms with E-state index < -0.39 is 0 Å². The van der Waals surface area contributed by atoms with Crippen molar-refractivity contribution in [1.82, 2.24) is 4.98 Å². The van der Waals surface area contributed by atoms with Gasteiger partial charge in [0, 0.05) is 22.0 Å². The molecule has 0 amide bonds. The molecule has 1 heterocycles. The van der Waals surface area contributed by atoms with Crippen molar-refractivity contribution in [3.05, 3.63) is 107 Å². The Morgan fingerprint density at radius 1 is 0.931 bits per heavy atom. The molecular formula is C26H21NO2. The molecule has 0 spiro atoms. The van der Waals surface area contributed by atoms with E-state index in [9.17, 15) is 4.79 Å². The molecule has 3 heteroatoms. The topological polar surface area (TPSA) is 42.1 Å². The fourth-order valence-electron chi connectivity index (χ4n) is 3.47. The van der Waals surface area contributed by atoms with Crippen LogP contribution in [0.25, 0.3) is 10.9 Å². The molecule has 1 aromatic heterocycles. The lowest BCUT2D eigenvalue weighted by Crippen LogP contribution is -2.10. The summed E-state index contributed by atoms with van der Waals surface area (Å²) in [6, 6.07) is 27.8. The molecule has 0 fully saturated rings. The van der Waals surface area contributed by atoms with E-state index in [0.717, 1.165) is 27.6 Å². The van der Waals surface area contributed by atoms with Crippen LogP contribution in [-0.2, 0) is 4.74 Å². The molecule has 0 saturated carbocycles. The Kier molecular flexibility index (Phi) is 5.45. The molecule has 1 unspecified atom stereocenters. The molecule has 3 aromatic carbocycles. The van der Waals surface area contributed by atoms with Crippen LogP contribution in [0.5, 0.6) is 0 Å². The number of carbonyl (C=O) groups excluding carboxylic acids is 1. The Labute approximate surface area is 170 Å². The van der Waals surface area contributed by atoms with Gasteiger partial charge in [0.2, 0.25) is 0 Å². The zero-order valence-electron chi connectivity index (χ0n) is 16.2. The minimum Gasteiger partial charge on any atom is -0.461 e. The summed E-state index contributed by atoms with van der Waals surface area (Å²) in [7, 11) is 0. The first-order valence-electron chi connectivity index (χ1n) is 9.67. The van der Waals surface area contributed by atoms with Gasteiger partial charge in [-0.3, -0.25) is 0 Å². The molecule has 4 rings (SSSR count). The van der Waals surface area contributed by atoms with Crippen LogP contribution < -0.4 is 0 Å². The van der Waals surface area contributed by atoms with Gasteiger partial charge in [-0.1, -0.05) is 78.6 Å². The predicted octanol–water partition coefficient (Wildman–Crippen LogP) is 5.53. The summed E-state index contributed by atoms with van der Waals surface area (Å²) in [4.78, 5) is 16.0. The maximum atomic E-state index is 12.7. The molecule has 0 bridgehead atoms. The highest BCUT2D eigenvalue weighted by Gasteiger charge is 2.25. The van der Waals surface area contributed by atoms with Crippen molar-refractivity contribution in [1.29, 1.82) is 0 Å². The first kappa shape index (κ1) is 18.6. The number of H-pyrrole nitrogens is 1. The number of benzene rings is 3. The first-order valence-corrected chi connectivity index (χ1v) is 9.67. The lowest BCUT2D eigenvalue weighted by atomic mass is 9.89. The monoisotopic (exact) mass is 379 g/mol. The molecule has 0 radical (unpaired) electrons. The lowest BCUT2D eigenvalue weighted by Gasteiger charge is -2.13. The number of aromatic nitrogens is 1. The van der Waals surface area contributed by atoms with E-state index in [4.69, 9.17) is 4.74 Å². The molecule has 4 aromatic rings. The third-order valence-corrected chi connectivity index (χ3v) is 4.78. The van der Waals surface area contributed by atoms with Gasteiger partial charge in [0.25, 0.3) is 0 Å². The fraction of sp³-hybridized carbons (Fsp3) is 0.115. The first-order chi connectivity index (χ1) is 14.3. The van der Waals surface area contributed by atoms with Crippen LogP contribution in [0, 0.1) is 11.8 Å². The van der Waals surface area contributed by atoms with E-state index in [1.165, 1.54) is 0 Å². The normalized spacial score (nSPS) is 11.5. The van der Waals surface area contributed by atoms with Gasteiger partial charge < -0.3 is 9.72 Å². The van der Waals surface area contributed by atoms with Crippen LogP contribution in [-0.4, -0.2) is 17.6 Å². The number of esters is 1. The summed E-state index contributed by atoms with van der Waals surface area (Å²) in [5.74, 6) is 6.05. The number of fused-ring (bicyclic) bond motifs is 1. The maximum Gasteiger partial charge on any atom is 0.355 e. The Balaban J connectivity index is 1.93. The number of hydrogen-bond acceptors (Lipinski definition) is 2. The summed E-state index contributed by atoms with van der Waals surface area (Å²) < 4.78 is 5.33. The summed E-state index contributed by atoms with van der Waals surface area (Å²) in [5, 5.41) is 0.978. The standard InChI is InChI=1S/C26H21NO2/c1-2-29-26(28)25-24(22-15-9-10-16-23(22)27-25)21(20-13-7-4-8-14-20)18-17-19-11-5-3-6-12-19/h3-16,21,27H,2H2,1H3. The fourth-order valence-corrected chi connectivity index (χ4v) is 3.47. The van der Waals surface area contributed by atoms with Crippen molar-refractivity contribution in [2.45, 2.75) is 12.8 Å². The molecule has 0 aliphatic carbocycles. The quantitative estimate of drug-likeness (QED) is 0.374. The minimum atomic E-state index is -0.360. The molecule has 1 atom stereocenters. The average molecular weight is 379 g/mol. The summed E-state index contributed by atoms with van der Waals surface area (Å²) in [5.41, 5.74) is 4.18. The van der Waals surface area contributed by atoms with Crippen molar-refractivity contribution in [2.24, 2.45) is 0 Å². The molecule has 0 aliphatic rings. The smallest absolute Gasteiger partial charge is 0.355 e. The highest BCUT2D eigenvalue weighted by Crippen LogP contribution is 2.34. The van der Waals surface area contributed by atoms with Gasteiger partial charge in [0.05, 0.1) is 12.5 Å². The number of hydrogen-bond donors (Lipinski definition) is 1. The second kappa shape index (κ2) is 8.50. The molecular weight excluding hydrogens is 358 g/mol. The van der Waals surface area contributed by atoms with E-state index in [0.29, 0.717) is 12.3 Å². The van der Waals surface area contributed by atoms with Gasteiger partial charge in [-0.2, -0.15) is 0 Å². The van der Waals surface area contributed by atoms with Gasteiger partial charge >= 0.3 is 5.97 Å². The lowest BCUT2D eigenvalue weighted by molar-refractivity contribution is 0.0519. The van der Waals surface area contributed by atoms with E-state index in [1.807, 2.05) is 91.9 Å². The van der Waals surface area contributed by atoms with Crippen LogP contribution >= 0.6 is 0 Å². The zero-order chi connectivity index (χ0) is 20.1. The molecule has 29 heavy (non-hydrogen) atoms. The molecule has 3 nitrogen and oxygen atoms in total. The molecule has 1 N–H and O–H groups in total. The maximum absolute atomic E-state index is 12.7. The van der Waals surface area contributed by atoms with Crippen molar-refractivity contribution >= 4 is 16.9 Å². The van der Waals surface area contributed by atoms with Gasteiger partial charge in [-0.05, 0) is 30.7 Å². The summed E-state index contributed by atoms with van der Waals surface area (Å²) >= 11 is 0. The third-order valence-electron chi connectivity index (χ3n) is 4.78. The van der Waals surface area contributed by atoms with Crippen LogP contribution in [0.2, 0.25) is 0 Å². The Morgan fingerprint density at radius 2 is 1.59 bits per heavy atom. The second-order valence-corrected chi connectivity index (χ2v) is 6.66. The van der Waals surface area contributed by atoms with Gasteiger partial charge in [0.1, 0.15) is 5.69 Å². The van der Waals surface area contributed by atoms with Crippen molar-refractivity contribution < 1.29 is 9.53 Å². The van der Waals surface area contributed by atoms with Gasteiger partial charge in [0.15, 0.2) is 0 Å². The van der Waals surface area contributed by atoms with Crippen molar-refractivity contribution in [3.8, 4) is 11.8 Å². The average Bonchev–Trinajstić information content (AvgIpc) is 3.15. The number of nitrogens with one attached hydrogen (secondary N) is 1. The SMILES string of the molecule is CCOC(=O)c1[nH]c2ccccc2c1C(C#Cc1ccccc1)c1ccccc1. The van der Waals surface area contributed by atoms with Crippen molar-refractivity contribution in [2.75, 3.05) is 6.61 Å². The highest BCUT2D eigenvalue weighted by atomic mass is 16.5. The van der Waals surface area contributed by atoms with E-state index in [1.54, 1.807) is 0 Å². The van der Waals surface area contributed by atoms with Crippen LogP contribution in [0.15, 0.2) is 84.9 Å². The van der Waals surface area contributed by atoms with E-state index in [2.05, 4.69) is 16.8 Å². The number of carbonyl (C=O) groups is 1. The Hall–Kier alpha value is -3.77. The largest absolute Gasteiger partial charge is 0.461 e. The summed E-state index contributed by atoms with van der Waals surface area (Å²) in [6.45, 7) is 2.13. The molecule has 0 saturated heterocycles. The van der Waals surface area contributed by atoms with E-state index >= 15 is 0 Å². The molecule has 142 valence electrons. The Bertz CT molecular complexity index is 1180. The third kappa shape index (κ3) is 3.93.